The van der Waals surface area contributed by atoms with Gasteiger partial charge in [-0.1, -0.05) is 23.3 Å². The van der Waals surface area contributed by atoms with Crippen molar-refractivity contribution in [1.29, 1.82) is 0 Å². The largest absolute Gasteiger partial charge is 0.355 e. The highest BCUT2D eigenvalue weighted by molar-refractivity contribution is 6.05. The van der Waals surface area contributed by atoms with E-state index in [0.29, 0.717) is 16.9 Å². The Morgan fingerprint density at radius 3 is 2.41 bits per heavy atom. The number of nitrogens with zero attached hydrogens (tertiary/aromatic N) is 5. The van der Waals surface area contributed by atoms with Crippen LogP contribution < -0.4 is 16.0 Å². The lowest BCUT2D eigenvalue weighted by Crippen LogP contribution is -2.12. The van der Waals surface area contributed by atoms with E-state index in [-0.39, 0.29) is 5.91 Å². The molecule has 0 fully saturated rings. The third-order valence-corrected chi connectivity index (χ3v) is 5.59. The Morgan fingerprint density at radius 1 is 0.811 bits per heavy atom. The van der Waals surface area contributed by atoms with Crippen LogP contribution >= 0.6 is 0 Å². The number of anilines is 5. The number of carbonyl (C=O) groups is 1. The molecular formula is C28H22N8O. The van der Waals surface area contributed by atoms with Crippen LogP contribution in [0.2, 0.25) is 0 Å². The smallest absolute Gasteiger partial charge is 0.255 e. The van der Waals surface area contributed by atoms with Gasteiger partial charge < -0.3 is 16.0 Å². The Labute approximate surface area is 212 Å². The van der Waals surface area contributed by atoms with Crippen molar-refractivity contribution >= 4 is 50.9 Å². The summed E-state index contributed by atoms with van der Waals surface area (Å²) in [5, 5.41) is 14.1. The van der Waals surface area contributed by atoms with E-state index in [1.807, 2.05) is 61.5 Å². The summed E-state index contributed by atoms with van der Waals surface area (Å²) in [4.78, 5) is 24.5. The third-order valence-electron chi connectivity index (χ3n) is 5.59. The van der Waals surface area contributed by atoms with E-state index >= 15 is 0 Å². The van der Waals surface area contributed by atoms with Gasteiger partial charge in [-0.3, -0.25) is 14.8 Å². The maximum Gasteiger partial charge on any atom is 0.255 e. The van der Waals surface area contributed by atoms with E-state index in [0.717, 1.165) is 39.3 Å². The number of rotatable bonds is 7. The maximum atomic E-state index is 13.0. The zero-order chi connectivity index (χ0) is 25.6. The topological polar surface area (TPSA) is 128 Å². The van der Waals surface area contributed by atoms with E-state index in [1.165, 1.54) is 0 Å². The first-order valence-electron chi connectivity index (χ1n) is 11.5. The summed E-state index contributed by atoms with van der Waals surface area (Å²) in [5.41, 5.74) is 15.4. The summed E-state index contributed by atoms with van der Waals surface area (Å²) < 4.78 is 0. The minimum atomic E-state index is -0.231. The van der Waals surface area contributed by atoms with E-state index in [1.54, 1.807) is 42.7 Å². The molecule has 0 aliphatic heterocycles. The van der Waals surface area contributed by atoms with Crippen LogP contribution in [0.15, 0.2) is 102 Å². The number of aromatic nitrogens is 2. The number of nitrogens with one attached hydrogen (secondary N) is 3. The molecule has 0 aliphatic carbocycles. The second-order valence-electron chi connectivity index (χ2n) is 8.30. The quantitative estimate of drug-likeness (QED) is 0.124. The average molecular weight is 487 g/mol. The van der Waals surface area contributed by atoms with Crippen molar-refractivity contribution in [1.82, 2.24) is 9.97 Å². The molecule has 0 spiro atoms. The Morgan fingerprint density at radius 2 is 1.57 bits per heavy atom. The minimum absolute atomic E-state index is 0.231. The number of carbonyl (C=O) groups excluding carboxylic acids is 1. The number of hydrogen-bond donors (Lipinski definition) is 3. The van der Waals surface area contributed by atoms with Gasteiger partial charge in [-0.05, 0) is 79.2 Å². The highest BCUT2D eigenvalue weighted by atomic mass is 16.1. The molecule has 180 valence electrons. The molecule has 0 atom stereocenters. The van der Waals surface area contributed by atoms with E-state index in [4.69, 9.17) is 5.53 Å². The molecule has 0 saturated carbocycles. The maximum absolute atomic E-state index is 13.0. The zero-order valence-corrected chi connectivity index (χ0v) is 19.9. The van der Waals surface area contributed by atoms with Gasteiger partial charge >= 0.3 is 0 Å². The lowest BCUT2D eigenvalue weighted by Gasteiger charge is -2.12. The normalized spacial score (nSPS) is 10.4. The fourth-order valence-corrected chi connectivity index (χ4v) is 3.92. The molecule has 0 saturated heterocycles. The number of fused-ring (bicyclic) bond motifs is 1. The number of pyridine rings is 2. The summed E-state index contributed by atoms with van der Waals surface area (Å²) in [6, 6.07) is 25.7. The zero-order valence-electron chi connectivity index (χ0n) is 19.9. The standard InChI is InChI=1S/C28H22N8O/c1-18-14-23(10-12-30-18)32-21-6-3-7-22(16-21)34-28(37)19-4-2-5-20(15-19)33-27-11-13-31-26-9-8-24(35-36-29)17-25(26)27/h2-17H,1H3,(H,30,32)(H,31,33)(H,34,37). The Kier molecular flexibility index (Phi) is 6.61. The average Bonchev–Trinajstić information content (AvgIpc) is 2.90. The van der Waals surface area contributed by atoms with Crippen molar-refractivity contribution in [2.75, 3.05) is 16.0 Å². The van der Waals surface area contributed by atoms with Crippen LogP contribution in [0, 0.1) is 6.92 Å². The molecule has 1 amide bonds. The Balaban J connectivity index is 1.33. The lowest BCUT2D eigenvalue weighted by molar-refractivity contribution is 0.102. The second kappa shape index (κ2) is 10.5. The van der Waals surface area contributed by atoms with Crippen LogP contribution in [0.1, 0.15) is 16.1 Å². The van der Waals surface area contributed by atoms with Crippen LogP contribution in [-0.4, -0.2) is 15.9 Å². The van der Waals surface area contributed by atoms with Crippen molar-refractivity contribution < 1.29 is 4.79 Å². The van der Waals surface area contributed by atoms with E-state index in [9.17, 15) is 4.79 Å². The lowest BCUT2D eigenvalue weighted by atomic mass is 10.1. The van der Waals surface area contributed by atoms with Crippen molar-refractivity contribution in [2.45, 2.75) is 6.92 Å². The fraction of sp³-hybridized carbons (Fsp3) is 0.0357. The van der Waals surface area contributed by atoms with Gasteiger partial charge in [0.15, 0.2) is 0 Å². The molecule has 0 radical (unpaired) electrons. The highest BCUT2D eigenvalue weighted by Crippen LogP contribution is 2.29. The molecule has 0 bridgehead atoms. The molecule has 9 heteroatoms. The predicted octanol–water partition coefficient (Wildman–Crippen LogP) is 7.62. The molecule has 2 aromatic heterocycles. The number of aryl methyl sites for hydroxylation is 1. The van der Waals surface area contributed by atoms with Gasteiger partial charge in [0.1, 0.15) is 0 Å². The number of amides is 1. The van der Waals surface area contributed by atoms with Gasteiger partial charge in [0.2, 0.25) is 0 Å². The van der Waals surface area contributed by atoms with Crippen molar-refractivity contribution in [3.05, 3.63) is 119 Å². The summed E-state index contributed by atoms with van der Waals surface area (Å²) in [7, 11) is 0. The molecule has 3 aromatic carbocycles. The molecule has 0 aliphatic rings. The number of azide groups is 1. The first-order chi connectivity index (χ1) is 18.1. The van der Waals surface area contributed by atoms with Gasteiger partial charge in [-0.2, -0.15) is 0 Å². The predicted molar refractivity (Wildman–Crippen MR) is 147 cm³/mol. The first-order valence-corrected chi connectivity index (χ1v) is 11.5. The van der Waals surface area contributed by atoms with Crippen LogP contribution in [-0.2, 0) is 0 Å². The summed E-state index contributed by atoms with van der Waals surface area (Å²) >= 11 is 0. The van der Waals surface area contributed by atoms with Gasteiger partial charge in [-0.25, -0.2) is 0 Å². The van der Waals surface area contributed by atoms with Crippen molar-refractivity contribution in [3.8, 4) is 0 Å². The highest BCUT2D eigenvalue weighted by Gasteiger charge is 2.09. The summed E-state index contributed by atoms with van der Waals surface area (Å²) in [5.74, 6) is -0.231. The van der Waals surface area contributed by atoms with Gasteiger partial charge in [0, 0.05) is 68.1 Å². The van der Waals surface area contributed by atoms with Gasteiger partial charge in [0.25, 0.3) is 5.91 Å². The molecule has 2 heterocycles. The molecule has 5 aromatic rings. The minimum Gasteiger partial charge on any atom is -0.355 e. The number of hydrogen-bond acceptors (Lipinski definition) is 6. The van der Waals surface area contributed by atoms with Crippen LogP contribution in [0.5, 0.6) is 0 Å². The number of benzene rings is 3. The molecule has 0 unspecified atom stereocenters. The third kappa shape index (κ3) is 5.64. The molecule has 5 rings (SSSR count). The SMILES string of the molecule is Cc1cc(Nc2cccc(NC(=O)c3cccc(Nc4ccnc5ccc(N=[N+]=[N-])cc45)c3)c2)ccn1. The monoisotopic (exact) mass is 486 g/mol. The van der Waals surface area contributed by atoms with E-state index < -0.39 is 0 Å². The molecule has 9 nitrogen and oxygen atoms in total. The molecular weight excluding hydrogens is 464 g/mol. The van der Waals surface area contributed by atoms with Crippen molar-refractivity contribution in [3.63, 3.8) is 0 Å². The van der Waals surface area contributed by atoms with Gasteiger partial charge in [0.05, 0.1) is 5.52 Å². The summed E-state index contributed by atoms with van der Waals surface area (Å²) in [6.07, 6.45) is 3.45. The van der Waals surface area contributed by atoms with Crippen LogP contribution in [0.25, 0.3) is 21.3 Å². The molecule has 3 N–H and O–H groups in total. The first kappa shape index (κ1) is 23.3. The fourth-order valence-electron chi connectivity index (χ4n) is 3.92. The Bertz CT molecular complexity index is 1660. The Hall–Kier alpha value is -5.40. The van der Waals surface area contributed by atoms with Crippen LogP contribution in [0.3, 0.4) is 0 Å². The van der Waals surface area contributed by atoms with E-state index in [2.05, 4.69) is 35.9 Å². The van der Waals surface area contributed by atoms with Crippen LogP contribution in [0.4, 0.5) is 34.1 Å². The summed E-state index contributed by atoms with van der Waals surface area (Å²) in [6.45, 7) is 1.93. The molecule has 37 heavy (non-hydrogen) atoms. The van der Waals surface area contributed by atoms with Crippen molar-refractivity contribution in [2.24, 2.45) is 5.11 Å². The second-order valence-corrected chi connectivity index (χ2v) is 8.30. The van der Waals surface area contributed by atoms with Gasteiger partial charge in [-0.15, -0.1) is 0 Å².